The van der Waals surface area contributed by atoms with Gasteiger partial charge in [-0.05, 0) is 12.5 Å². The van der Waals surface area contributed by atoms with Crippen molar-refractivity contribution in [2.45, 2.75) is 18.6 Å². The number of hydrogen-bond acceptors (Lipinski definition) is 5. The van der Waals surface area contributed by atoms with Gasteiger partial charge < -0.3 is 0 Å². The lowest BCUT2D eigenvalue weighted by molar-refractivity contribution is -0.116. The van der Waals surface area contributed by atoms with E-state index in [1.54, 1.807) is 6.20 Å². The predicted molar refractivity (Wildman–Crippen MR) is 83.6 cm³/mol. The molecule has 6 heteroatoms. The van der Waals surface area contributed by atoms with Gasteiger partial charge in [-0.15, -0.1) is 11.3 Å². The van der Waals surface area contributed by atoms with Crippen molar-refractivity contribution in [2.75, 3.05) is 4.90 Å². The summed E-state index contributed by atoms with van der Waals surface area (Å²) in [5, 5.41) is 8.55. The number of anilines is 1. The van der Waals surface area contributed by atoms with Crippen molar-refractivity contribution in [2.24, 2.45) is 0 Å². The molecule has 1 atom stereocenters. The van der Waals surface area contributed by atoms with Gasteiger partial charge in [-0.2, -0.15) is 0 Å². The SMILES string of the molecule is C[C@@H]1SC(=N)N(c2ncc(Cc3ccccc3)s2)C1=O. The summed E-state index contributed by atoms with van der Waals surface area (Å²) in [6.07, 6.45) is 2.60. The summed E-state index contributed by atoms with van der Waals surface area (Å²) < 4.78 is 0. The molecular weight excluding hydrogens is 290 g/mol. The van der Waals surface area contributed by atoms with Crippen LogP contribution in [0.25, 0.3) is 0 Å². The van der Waals surface area contributed by atoms with Crippen LogP contribution in [0, 0.1) is 5.41 Å². The number of amidine groups is 1. The predicted octanol–water partition coefficient (Wildman–Crippen LogP) is 3.14. The molecule has 20 heavy (non-hydrogen) atoms. The van der Waals surface area contributed by atoms with E-state index < -0.39 is 0 Å². The smallest absolute Gasteiger partial charge is 0.248 e. The number of aromatic nitrogens is 1. The Kier molecular flexibility index (Phi) is 3.58. The van der Waals surface area contributed by atoms with E-state index in [0.717, 1.165) is 11.3 Å². The van der Waals surface area contributed by atoms with Crippen molar-refractivity contribution in [3.63, 3.8) is 0 Å². The highest BCUT2D eigenvalue weighted by Crippen LogP contribution is 2.33. The Balaban J connectivity index is 1.81. The minimum absolute atomic E-state index is 0.0550. The number of thiazole rings is 1. The Bertz CT molecular complexity index is 653. The number of benzene rings is 1. The first kappa shape index (κ1) is 13.3. The largest absolute Gasteiger partial charge is 0.278 e. The van der Waals surface area contributed by atoms with E-state index in [1.807, 2.05) is 25.1 Å². The Morgan fingerprint density at radius 3 is 2.75 bits per heavy atom. The zero-order valence-corrected chi connectivity index (χ0v) is 12.5. The second kappa shape index (κ2) is 5.38. The molecule has 1 aliphatic heterocycles. The van der Waals surface area contributed by atoms with Gasteiger partial charge >= 0.3 is 0 Å². The van der Waals surface area contributed by atoms with Crippen molar-refractivity contribution in [1.29, 1.82) is 5.41 Å². The molecule has 0 radical (unpaired) electrons. The molecule has 0 unspecified atom stereocenters. The van der Waals surface area contributed by atoms with Crippen LogP contribution in [0.4, 0.5) is 5.13 Å². The average molecular weight is 303 g/mol. The average Bonchev–Trinajstić information content (AvgIpc) is 2.97. The highest BCUT2D eigenvalue weighted by molar-refractivity contribution is 8.16. The van der Waals surface area contributed by atoms with Gasteiger partial charge in [-0.1, -0.05) is 42.1 Å². The molecule has 1 N–H and O–H groups in total. The summed E-state index contributed by atoms with van der Waals surface area (Å²) in [5.74, 6) is -0.0550. The lowest BCUT2D eigenvalue weighted by atomic mass is 10.1. The second-order valence-electron chi connectivity index (χ2n) is 4.51. The van der Waals surface area contributed by atoms with Crippen molar-refractivity contribution < 1.29 is 4.79 Å². The van der Waals surface area contributed by atoms with E-state index in [1.165, 1.54) is 33.6 Å². The van der Waals surface area contributed by atoms with Crippen LogP contribution in [0.15, 0.2) is 36.5 Å². The number of hydrogen-bond donors (Lipinski definition) is 1. The van der Waals surface area contributed by atoms with E-state index in [0.29, 0.717) is 5.13 Å². The summed E-state index contributed by atoms with van der Waals surface area (Å²) in [6, 6.07) is 10.1. The molecule has 3 rings (SSSR count). The molecule has 0 saturated carbocycles. The maximum atomic E-state index is 12.0. The van der Waals surface area contributed by atoms with Crippen molar-refractivity contribution in [1.82, 2.24) is 4.98 Å². The molecule has 1 aromatic heterocycles. The first-order valence-electron chi connectivity index (χ1n) is 6.23. The first-order chi connectivity index (χ1) is 9.65. The van der Waals surface area contributed by atoms with Crippen LogP contribution in [0.3, 0.4) is 0 Å². The van der Waals surface area contributed by atoms with Crippen molar-refractivity contribution in [3.8, 4) is 0 Å². The standard InChI is InChI=1S/C14H13N3OS2/c1-9-12(18)17(13(15)19-9)14-16-8-11(20-14)7-10-5-3-2-4-6-10/h2-6,8-9,15H,7H2,1H3/t9-/m0/s1. The summed E-state index contributed by atoms with van der Waals surface area (Å²) in [7, 11) is 0. The Morgan fingerprint density at radius 1 is 1.35 bits per heavy atom. The van der Waals surface area contributed by atoms with Crippen molar-refractivity contribution in [3.05, 3.63) is 47.0 Å². The summed E-state index contributed by atoms with van der Waals surface area (Å²) >= 11 is 2.75. The number of thioether (sulfide) groups is 1. The third-order valence-corrected chi connectivity index (χ3v) is 4.96. The van der Waals surface area contributed by atoms with E-state index in [2.05, 4.69) is 17.1 Å². The molecule has 0 aliphatic carbocycles. The minimum Gasteiger partial charge on any atom is -0.278 e. The lowest BCUT2D eigenvalue weighted by Crippen LogP contribution is -2.30. The van der Waals surface area contributed by atoms with Gasteiger partial charge in [-0.3, -0.25) is 10.2 Å². The fourth-order valence-electron chi connectivity index (χ4n) is 2.01. The van der Waals surface area contributed by atoms with Crippen LogP contribution in [0.2, 0.25) is 0 Å². The number of nitrogens with one attached hydrogen (secondary N) is 1. The molecule has 0 bridgehead atoms. The zero-order chi connectivity index (χ0) is 14.1. The highest BCUT2D eigenvalue weighted by atomic mass is 32.2. The second-order valence-corrected chi connectivity index (χ2v) is 6.93. The highest BCUT2D eigenvalue weighted by Gasteiger charge is 2.36. The zero-order valence-electron chi connectivity index (χ0n) is 10.9. The van der Waals surface area contributed by atoms with E-state index in [4.69, 9.17) is 5.41 Å². The maximum absolute atomic E-state index is 12.0. The van der Waals surface area contributed by atoms with E-state index in [-0.39, 0.29) is 16.3 Å². The van der Waals surface area contributed by atoms with Gasteiger partial charge in [0.15, 0.2) is 10.3 Å². The molecule has 0 spiro atoms. The van der Waals surface area contributed by atoms with Gasteiger partial charge in [-0.25, -0.2) is 9.88 Å². The maximum Gasteiger partial charge on any atom is 0.248 e. The molecule has 2 heterocycles. The number of amides is 1. The molecule has 4 nitrogen and oxygen atoms in total. The minimum atomic E-state index is -0.191. The normalized spacial score (nSPS) is 18.9. The number of carbonyl (C=O) groups is 1. The fourth-order valence-corrected chi connectivity index (χ4v) is 3.85. The monoisotopic (exact) mass is 303 g/mol. The van der Waals surface area contributed by atoms with Crippen LogP contribution in [-0.4, -0.2) is 21.3 Å². The Morgan fingerprint density at radius 2 is 2.10 bits per heavy atom. The number of carbonyl (C=O) groups excluding carboxylic acids is 1. The summed E-state index contributed by atoms with van der Waals surface area (Å²) in [6.45, 7) is 1.82. The van der Waals surface area contributed by atoms with Crippen molar-refractivity contribution >= 4 is 39.3 Å². The van der Waals surface area contributed by atoms with E-state index in [9.17, 15) is 4.79 Å². The summed E-state index contributed by atoms with van der Waals surface area (Å²) in [4.78, 5) is 18.8. The molecule has 1 aromatic carbocycles. The first-order valence-corrected chi connectivity index (χ1v) is 7.92. The number of rotatable bonds is 3. The third-order valence-electron chi connectivity index (χ3n) is 3.01. The molecule has 102 valence electrons. The van der Waals surface area contributed by atoms with Gasteiger partial charge in [0.05, 0.1) is 5.25 Å². The van der Waals surface area contributed by atoms with Crippen LogP contribution >= 0.6 is 23.1 Å². The lowest BCUT2D eigenvalue weighted by Gasteiger charge is -2.10. The molecule has 1 aliphatic rings. The Hall–Kier alpha value is -1.66. The van der Waals surface area contributed by atoms with Crippen LogP contribution in [0.5, 0.6) is 0 Å². The quantitative estimate of drug-likeness (QED) is 0.947. The van der Waals surface area contributed by atoms with Gasteiger partial charge in [0.25, 0.3) is 0 Å². The van der Waals surface area contributed by atoms with Crippen LogP contribution in [-0.2, 0) is 11.2 Å². The van der Waals surface area contributed by atoms with Gasteiger partial charge in [0.1, 0.15) is 0 Å². The molecule has 1 fully saturated rings. The topological polar surface area (TPSA) is 57.1 Å². The van der Waals surface area contributed by atoms with Gasteiger partial charge in [0, 0.05) is 17.5 Å². The molecule has 2 aromatic rings. The Labute approximate surface area is 125 Å². The third kappa shape index (κ3) is 2.48. The number of nitrogens with zero attached hydrogens (tertiary/aromatic N) is 2. The molecule has 1 saturated heterocycles. The molecular formula is C14H13N3OS2. The van der Waals surface area contributed by atoms with E-state index >= 15 is 0 Å². The van der Waals surface area contributed by atoms with Crippen LogP contribution in [0.1, 0.15) is 17.4 Å². The molecule has 1 amide bonds. The fraction of sp³-hybridized carbons (Fsp3) is 0.214. The van der Waals surface area contributed by atoms with Gasteiger partial charge in [0.2, 0.25) is 5.91 Å². The summed E-state index contributed by atoms with van der Waals surface area (Å²) in [5.41, 5.74) is 1.22. The van der Waals surface area contributed by atoms with Crippen LogP contribution < -0.4 is 4.90 Å².